The number of hydrogen-bond donors (Lipinski definition) is 2. The van der Waals surface area contributed by atoms with Crippen LogP contribution in [0.2, 0.25) is 0 Å². The van der Waals surface area contributed by atoms with E-state index in [1.807, 2.05) is 12.1 Å². The Bertz CT molecular complexity index is 1190. The largest absolute Gasteiger partial charge is 0.467 e. The normalized spacial score (nSPS) is 15.8. The number of carbonyl (C=O) groups excluding carboxylic acids is 1. The summed E-state index contributed by atoms with van der Waals surface area (Å²) in [5.41, 5.74) is 3.56. The van der Waals surface area contributed by atoms with Crippen molar-refractivity contribution in [1.29, 1.82) is 0 Å². The number of primary sulfonamides is 1. The number of carbonyl (C=O) groups is 1. The highest BCUT2D eigenvalue weighted by atomic mass is 32.2. The van der Waals surface area contributed by atoms with Crippen molar-refractivity contribution in [2.24, 2.45) is 5.14 Å². The second-order valence-electron chi connectivity index (χ2n) is 7.44. The Morgan fingerprint density at radius 2 is 2.00 bits per heavy atom. The summed E-state index contributed by atoms with van der Waals surface area (Å²) in [7, 11) is -3.79. The quantitative estimate of drug-likeness (QED) is 0.632. The zero-order valence-corrected chi connectivity index (χ0v) is 17.4. The fourth-order valence-corrected chi connectivity index (χ4v) is 4.38. The van der Waals surface area contributed by atoms with Crippen LogP contribution in [0.5, 0.6) is 0 Å². The maximum atomic E-state index is 12.8. The van der Waals surface area contributed by atoms with Crippen LogP contribution in [0.25, 0.3) is 0 Å². The van der Waals surface area contributed by atoms with Crippen LogP contribution in [-0.4, -0.2) is 20.4 Å². The zero-order chi connectivity index (χ0) is 21.3. The van der Waals surface area contributed by atoms with E-state index in [0.29, 0.717) is 29.5 Å². The molecule has 0 saturated carbocycles. The summed E-state index contributed by atoms with van der Waals surface area (Å²) in [6.45, 7) is 2.83. The fourth-order valence-electron chi connectivity index (χ4n) is 3.80. The van der Waals surface area contributed by atoms with E-state index in [1.165, 1.54) is 24.0 Å². The van der Waals surface area contributed by atoms with E-state index in [1.54, 1.807) is 18.2 Å². The number of benzene rings is 2. The second kappa shape index (κ2) is 7.97. The number of sulfonamides is 1. The van der Waals surface area contributed by atoms with Gasteiger partial charge in [0.1, 0.15) is 5.76 Å². The Labute approximate surface area is 175 Å². The molecule has 0 saturated heterocycles. The lowest BCUT2D eigenvalue weighted by Crippen LogP contribution is -2.30. The molecule has 0 aliphatic carbocycles. The predicted octanol–water partition coefficient (Wildman–Crippen LogP) is 2.81. The molecule has 8 heteroatoms. The smallest absolute Gasteiger partial charge is 0.255 e. The molecule has 3 aromatic rings. The molecule has 4 rings (SSSR count). The summed E-state index contributed by atoms with van der Waals surface area (Å²) in [5.74, 6) is 0.314. The van der Waals surface area contributed by atoms with E-state index in [-0.39, 0.29) is 17.3 Å². The summed E-state index contributed by atoms with van der Waals surface area (Å²) in [6, 6.07) is 16.4. The van der Waals surface area contributed by atoms with Crippen molar-refractivity contribution in [3.63, 3.8) is 0 Å². The van der Waals surface area contributed by atoms with Gasteiger partial charge in [0.25, 0.3) is 5.91 Å². The van der Waals surface area contributed by atoms with Crippen molar-refractivity contribution in [2.45, 2.75) is 37.4 Å². The highest BCUT2D eigenvalue weighted by molar-refractivity contribution is 7.89. The number of anilines is 1. The Balaban J connectivity index is 1.47. The number of nitrogens with two attached hydrogens (primary N) is 1. The summed E-state index contributed by atoms with van der Waals surface area (Å²) >= 11 is 0. The molecular formula is C22H23N3O4S. The molecule has 0 bridgehead atoms. The summed E-state index contributed by atoms with van der Waals surface area (Å²) in [5, 5.41) is 7.99. The lowest BCUT2D eigenvalue weighted by molar-refractivity contribution is 0.0949. The Kier molecular flexibility index (Phi) is 5.36. The highest BCUT2D eigenvalue weighted by Gasteiger charge is 2.28. The number of nitrogens with one attached hydrogen (secondary N) is 1. The standard InChI is InChI=1S/C22H23N3O4S/c1-15-11-17-6-2-3-8-20(17)25(15)14-21-19(9-10-29-21)22(26)24-13-16-5-4-7-18(12-16)30(23,27)28/h2-10,12,15H,11,13-14H2,1H3,(H,24,26)(H2,23,27,28). The molecule has 30 heavy (non-hydrogen) atoms. The van der Waals surface area contributed by atoms with Crippen molar-refractivity contribution in [2.75, 3.05) is 4.90 Å². The van der Waals surface area contributed by atoms with Crippen molar-refractivity contribution in [3.05, 3.63) is 83.3 Å². The average molecular weight is 426 g/mol. The van der Waals surface area contributed by atoms with Crippen molar-refractivity contribution in [1.82, 2.24) is 5.32 Å². The van der Waals surface area contributed by atoms with Crippen molar-refractivity contribution >= 4 is 21.6 Å². The molecule has 1 unspecified atom stereocenters. The molecular weight excluding hydrogens is 402 g/mol. The molecule has 1 aliphatic rings. The van der Waals surface area contributed by atoms with E-state index in [0.717, 1.165) is 12.1 Å². The minimum atomic E-state index is -3.79. The maximum Gasteiger partial charge on any atom is 0.255 e. The van der Waals surface area contributed by atoms with Crippen LogP contribution in [0, 0.1) is 0 Å². The van der Waals surface area contributed by atoms with Crippen LogP contribution in [0.1, 0.15) is 34.2 Å². The molecule has 1 amide bonds. The first-order chi connectivity index (χ1) is 14.3. The third-order valence-corrected chi connectivity index (χ3v) is 6.24. The Morgan fingerprint density at radius 3 is 2.80 bits per heavy atom. The topological polar surface area (TPSA) is 106 Å². The summed E-state index contributed by atoms with van der Waals surface area (Å²) in [4.78, 5) is 15.0. The van der Waals surface area contributed by atoms with Gasteiger partial charge in [-0.1, -0.05) is 30.3 Å². The fraction of sp³-hybridized carbons (Fsp3) is 0.227. The molecule has 1 aromatic heterocycles. The van der Waals surface area contributed by atoms with Gasteiger partial charge in [-0.05, 0) is 48.7 Å². The van der Waals surface area contributed by atoms with Crippen molar-refractivity contribution in [3.8, 4) is 0 Å². The second-order valence-corrected chi connectivity index (χ2v) is 9.00. The molecule has 1 atom stereocenters. The zero-order valence-electron chi connectivity index (χ0n) is 16.5. The predicted molar refractivity (Wildman–Crippen MR) is 113 cm³/mol. The van der Waals surface area contributed by atoms with Gasteiger partial charge >= 0.3 is 0 Å². The monoisotopic (exact) mass is 425 g/mol. The van der Waals surface area contributed by atoms with Crippen molar-refractivity contribution < 1.29 is 17.6 Å². The van der Waals surface area contributed by atoms with Gasteiger partial charge in [0.05, 0.1) is 23.3 Å². The first kappa shape index (κ1) is 20.2. The van der Waals surface area contributed by atoms with Crippen LogP contribution in [0.4, 0.5) is 5.69 Å². The first-order valence-electron chi connectivity index (χ1n) is 9.64. The minimum absolute atomic E-state index is 0.0138. The van der Waals surface area contributed by atoms with E-state index >= 15 is 0 Å². The summed E-state index contributed by atoms with van der Waals surface area (Å²) in [6.07, 6.45) is 2.47. The third kappa shape index (κ3) is 4.10. The molecule has 3 N–H and O–H groups in total. The average Bonchev–Trinajstić information content (AvgIpc) is 3.31. The molecule has 0 fully saturated rings. The highest BCUT2D eigenvalue weighted by Crippen LogP contribution is 2.33. The van der Waals surface area contributed by atoms with Crippen LogP contribution < -0.4 is 15.4 Å². The van der Waals surface area contributed by atoms with Gasteiger partial charge in [-0.3, -0.25) is 4.79 Å². The van der Waals surface area contributed by atoms with E-state index < -0.39 is 10.0 Å². The van der Waals surface area contributed by atoms with Crippen LogP contribution in [0.15, 0.2) is 70.2 Å². The Morgan fingerprint density at radius 1 is 1.20 bits per heavy atom. The summed E-state index contributed by atoms with van der Waals surface area (Å²) < 4.78 is 28.6. The third-order valence-electron chi connectivity index (χ3n) is 5.33. The van der Waals surface area contributed by atoms with Gasteiger partial charge in [0, 0.05) is 18.3 Å². The lowest BCUT2D eigenvalue weighted by Gasteiger charge is -2.24. The van der Waals surface area contributed by atoms with E-state index in [2.05, 4.69) is 29.3 Å². The SMILES string of the molecule is CC1Cc2ccccc2N1Cc1occc1C(=O)NCc1cccc(S(N)(=O)=O)c1. The maximum absolute atomic E-state index is 12.8. The number of rotatable bonds is 6. The molecule has 2 heterocycles. The van der Waals surface area contributed by atoms with Crippen LogP contribution in [0.3, 0.4) is 0 Å². The molecule has 7 nitrogen and oxygen atoms in total. The minimum Gasteiger partial charge on any atom is -0.467 e. The molecule has 1 aliphatic heterocycles. The lowest BCUT2D eigenvalue weighted by atomic mass is 10.1. The molecule has 156 valence electrons. The number of hydrogen-bond acceptors (Lipinski definition) is 5. The van der Waals surface area contributed by atoms with Gasteiger partial charge in [-0.25, -0.2) is 13.6 Å². The molecule has 0 radical (unpaired) electrons. The van der Waals surface area contributed by atoms with Gasteiger partial charge in [-0.15, -0.1) is 0 Å². The number of fused-ring (bicyclic) bond motifs is 1. The van der Waals surface area contributed by atoms with Gasteiger partial charge in [0.2, 0.25) is 10.0 Å². The van der Waals surface area contributed by atoms with Gasteiger partial charge < -0.3 is 14.6 Å². The number of furan rings is 1. The van der Waals surface area contributed by atoms with Gasteiger partial charge in [-0.2, -0.15) is 0 Å². The number of amides is 1. The first-order valence-corrected chi connectivity index (χ1v) is 11.2. The Hall–Kier alpha value is -3.10. The van der Waals surface area contributed by atoms with Gasteiger partial charge in [0.15, 0.2) is 0 Å². The van der Waals surface area contributed by atoms with Crippen LogP contribution >= 0.6 is 0 Å². The van der Waals surface area contributed by atoms with E-state index in [9.17, 15) is 13.2 Å². The molecule has 2 aromatic carbocycles. The number of para-hydroxylation sites is 1. The van der Waals surface area contributed by atoms with Crippen LogP contribution in [-0.2, 0) is 29.5 Å². The molecule has 0 spiro atoms. The number of nitrogens with zero attached hydrogens (tertiary/aromatic N) is 1. The van der Waals surface area contributed by atoms with E-state index in [4.69, 9.17) is 9.56 Å².